The highest BCUT2D eigenvalue weighted by molar-refractivity contribution is 5.68. The van der Waals surface area contributed by atoms with Gasteiger partial charge in [-0.2, -0.15) is 5.10 Å². The van der Waals surface area contributed by atoms with Crippen LogP contribution in [0.25, 0.3) is 0 Å². The van der Waals surface area contributed by atoms with E-state index < -0.39 is 5.60 Å². The average molecular weight is 320 g/mol. The van der Waals surface area contributed by atoms with Gasteiger partial charge in [-0.1, -0.05) is 13.8 Å². The van der Waals surface area contributed by atoms with E-state index in [-0.39, 0.29) is 6.09 Å². The summed E-state index contributed by atoms with van der Waals surface area (Å²) in [4.78, 5) is 14.1. The summed E-state index contributed by atoms with van der Waals surface area (Å²) in [7, 11) is 0. The Balaban J connectivity index is 1.71. The Morgan fingerprint density at radius 2 is 2.17 bits per heavy atom. The van der Waals surface area contributed by atoms with Crippen molar-refractivity contribution < 1.29 is 9.53 Å². The number of amides is 1. The maximum atomic E-state index is 12.3. The molecule has 1 aromatic heterocycles. The lowest BCUT2D eigenvalue weighted by molar-refractivity contribution is 0.0107. The van der Waals surface area contributed by atoms with Gasteiger partial charge in [-0.3, -0.25) is 0 Å². The molecule has 1 saturated heterocycles. The van der Waals surface area contributed by atoms with Gasteiger partial charge in [0.25, 0.3) is 0 Å². The quantitative estimate of drug-likeness (QED) is 0.863. The SMILES string of the molecule is CC(C)c1cc2n(n1)C1CCN(C(=O)OC(C)(C)C)CC1CN2. The van der Waals surface area contributed by atoms with Gasteiger partial charge >= 0.3 is 6.09 Å². The number of anilines is 1. The number of hydrogen-bond acceptors (Lipinski definition) is 4. The third-order valence-corrected chi connectivity index (χ3v) is 4.55. The first-order valence-corrected chi connectivity index (χ1v) is 8.56. The molecule has 0 spiro atoms. The highest BCUT2D eigenvalue weighted by Crippen LogP contribution is 2.36. The number of rotatable bonds is 1. The summed E-state index contributed by atoms with van der Waals surface area (Å²) < 4.78 is 7.64. The zero-order valence-corrected chi connectivity index (χ0v) is 14.8. The van der Waals surface area contributed by atoms with Gasteiger partial charge in [-0.05, 0) is 33.1 Å². The number of likely N-dealkylation sites (tertiary alicyclic amines) is 1. The lowest BCUT2D eigenvalue weighted by Gasteiger charge is -2.42. The fourth-order valence-corrected chi connectivity index (χ4v) is 3.35. The Kier molecular flexibility index (Phi) is 4.02. The van der Waals surface area contributed by atoms with E-state index in [9.17, 15) is 4.79 Å². The second kappa shape index (κ2) is 5.73. The number of nitrogens with one attached hydrogen (secondary N) is 1. The molecule has 1 amide bonds. The number of fused-ring (bicyclic) bond motifs is 3. The Morgan fingerprint density at radius 1 is 1.43 bits per heavy atom. The number of nitrogens with zero attached hydrogens (tertiary/aromatic N) is 3. The van der Waals surface area contributed by atoms with E-state index in [0.29, 0.717) is 17.9 Å². The molecule has 128 valence electrons. The van der Waals surface area contributed by atoms with Crippen molar-refractivity contribution >= 4 is 11.9 Å². The zero-order valence-electron chi connectivity index (χ0n) is 14.8. The second-order valence-corrected chi connectivity index (χ2v) is 7.98. The van der Waals surface area contributed by atoms with Crippen LogP contribution in [0.5, 0.6) is 0 Å². The van der Waals surface area contributed by atoms with Crippen LogP contribution in [0.4, 0.5) is 10.6 Å². The highest BCUT2D eigenvalue weighted by Gasteiger charge is 2.38. The largest absolute Gasteiger partial charge is 0.444 e. The van der Waals surface area contributed by atoms with E-state index in [0.717, 1.165) is 37.6 Å². The molecule has 0 saturated carbocycles. The Labute approximate surface area is 138 Å². The molecular weight excluding hydrogens is 292 g/mol. The molecule has 2 aliphatic heterocycles. The van der Waals surface area contributed by atoms with Gasteiger partial charge in [-0.15, -0.1) is 0 Å². The van der Waals surface area contributed by atoms with Crippen molar-refractivity contribution in [1.82, 2.24) is 14.7 Å². The van der Waals surface area contributed by atoms with E-state index in [1.165, 1.54) is 0 Å². The summed E-state index contributed by atoms with van der Waals surface area (Å²) in [5.41, 5.74) is 0.683. The molecule has 1 aromatic rings. The fraction of sp³-hybridized carbons (Fsp3) is 0.765. The van der Waals surface area contributed by atoms with Crippen LogP contribution in [-0.4, -0.2) is 46.0 Å². The lowest BCUT2D eigenvalue weighted by Crippen LogP contribution is -2.49. The van der Waals surface area contributed by atoms with Crippen LogP contribution in [0.1, 0.15) is 58.7 Å². The van der Waals surface area contributed by atoms with Gasteiger partial charge in [0.1, 0.15) is 11.4 Å². The monoisotopic (exact) mass is 320 g/mol. The van der Waals surface area contributed by atoms with Crippen LogP contribution in [0, 0.1) is 5.92 Å². The van der Waals surface area contributed by atoms with E-state index in [1.54, 1.807) is 0 Å². The molecular formula is C17H28N4O2. The molecule has 3 heterocycles. The van der Waals surface area contributed by atoms with Crippen LogP contribution < -0.4 is 5.32 Å². The Morgan fingerprint density at radius 3 is 2.83 bits per heavy atom. The van der Waals surface area contributed by atoms with Gasteiger partial charge < -0.3 is 15.0 Å². The summed E-state index contributed by atoms with van der Waals surface area (Å²) in [6.45, 7) is 12.4. The molecule has 6 heteroatoms. The maximum Gasteiger partial charge on any atom is 0.410 e. The number of ether oxygens (including phenoxy) is 1. The van der Waals surface area contributed by atoms with Gasteiger partial charge in [0, 0.05) is 31.6 Å². The Hall–Kier alpha value is -1.72. The summed E-state index contributed by atoms with van der Waals surface area (Å²) in [6, 6.07) is 2.53. The molecule has 1 fully saturated rings. The third kappa shape index (κ3) is 3.31. The summed E-state index contributed by atoms with van der Waals surface area (Å²) in [5.74, 6) is 1.92. The molecule has 6 nitrogen and oxygen atoms in total. The predicted molar refractivity (Wildman–Crippen MR) is 89.8 cm³/mol. The van der Waals surface area contributed by atoms with Crippen molar-refractivity contribution in [1.29, 1.82) is 0 Å². The molecule has 23 heavy (non-hydrogen) atoms. The molecule has 0 aromatic carbocycles. The molecule has 2 aliphatic rings. The molecule has 0 radical (unpaired) electrons. The summed E-state index contributed by atoms with van der Waals surface area (Å²) >= 11 is 0. The van der Waals surface area contributed by atoms with Gasteiger partial charge in [0.05, 0.1) is 11.7 Å². The molecule has 3 rings (SSSR count). The van der Waals surface area contributed by atoms with Gasteiger partial charge in [-0.25, -0.2) is 9.48 Å². The fourth-order valence-electron chi connectivity index (χ4n) is 3.35. The van der Waals surface area contributed by atoms with Crippen molar-refractivity contribution in [2.75, 3.05) is 25.0 Å². The standard InChI is InChI=1S/C17H28N4O2/c1-11(2)13-8-15-18-9-12-10-20(16(22)23-17(3,4)5)7-6-14(12)21(15)19-13/h8,11-12,14,18H,6-7,9-10H2,1-5H3. The molecule has 2 atom stereocenters. The summed E-state index contributed by atoms with van der Waals surface area (Å²) in [5, 5.41) is 8.25. The van der Waals surface area contributed by atoms with Crippen molar-refractivity contribution in [2.24, 2.45) is 5.92 Å². The molecule has 0 bridgehead atoms. The minimum Gasteiger partial charge on any atom is -0.444 e. The van der Waals surface area contributed by atoms with Crippen LogP contribution >= 0.6 is 0 Å². The highest BCUT2D eigenvalue weighted by atomic mass is 16.6. The summed E-state index contributed by atoms with van der Waals surface area (Å²) in [6.07, 6.45) is 0.725. The van der Waals surface area contributed by atoms with E-state index >= 15 is 0 Å². The zero-order chi connectivity index (χ0) is 16.8. The topological polar surface area (TPSA) is 59.4 Å². The Bertz CT molecular complexity index is 588. The van der Waals surface area contributed by atoms with Crippen LogP contribution in [-0.2, 0) is 4.74 Å². The maximum absolute atomic E-state index is 12.3. The van der Waals surface area contributed by atoms with Crippen molar-refractivity contribution in [3.63, 3.8) is 0 Å². The first kappa shape index (κ1) is 16.1. The second-order valence-electron chi connectivity index (χ2n) is 7.98. The first-order chi connectivity index (χ1) is 10.7. The number of carbonyl (C=O) groups excluding carboxylic acids is 1. The molecule has 2 unspecified atom stereocenters. The van der Waals surface area contributed by atoms with Crippen molar-refractivity contribution in [2.45, 2.75) is 58.6 Å². The van der Waals surface area contributed by atoms with Crippen LogP contribution in [0.15, 0.2) is 6.07 Å². The number of piperidine rings is 1. The van der Waals surface area contributed by atoms with E-state index in [1.807, 2.05) is 25.7 Å². The lowest BCUT2D eigenvalue weighted by atomic mass is 9.91. The minimum atomic E-state index is -0.444. The third-order valence-electron chi connectivity index (χ3n) is 4.55. The minimum absolute atomic E-state index is 0.204. The van der Waals surface area contributed by atoms with E-state index in [2.05, 4.69) is 29.9 Å². The normalized spacial score (nSPS) is 24.0. The first-order valence-electron chi connectivity index (χ1n) is 8.56. The van der Waals surface area contributed by atoms with Crippen molar-refractivity contribution in [3.8, 4) is 0 Å². The van der Waals surface area contributed by atoms with Crippen LogP contribution in [0.2, 0.25) is 0 Å². The average Bonchev–Trinajstić information content (AvgIpc) is 2.89. The molecule has 1 N–H and O–H groups in total. The molecule has 0 aliphatic carbocycles. The van der Waals surface area contributed by atoms with Crippen molar-refractivity contribution in [3.05, 3.63) is 11.8 Å². The number of aromatic nitrogens is 2. The van der Waals surface area contributed by atoms with Gasteiger partial charge in [0.2, 0.25) is 0 Å². The smallest absolute Gasteiger partial charge is 0.410 e. The van der Waals surface area contributed by atoms with Gasteiger partial charge in [0.15, 0.2) is 0 Å². The number of carbonyl (C=O) groups is 1. The van der Waals surface area contributed by atoms with E-state index in [4.69, 9.17) is 9.84 Å². The predicted octanol–water partition coefficient (Wildman–Crippen LogP) is 3.23. The number of hydrogen-bond donors (Lipinski definition) is 1. The van der Waals surface area contributed by atoms with Crippen LogP contribution in [0.3, 0.4) is 0 Å².